The minimum absolute atomic E-state index is 0.0117. The highest BCUT2D eigenvalue weighted by Gasteiger charge is 2.40. The number of fused-ring (bicyclic) bond motifs is 1. The molecule has 1 aromatic heterocycles. The van der Waals surface area contributed by atoms with Crippen LogP contribution < -0.4 is 5.32 Å². The third-order valence-corrected chi connectivity index (χ3v) is 6.32. The van der Waals surface area contributed by atoms with E-state index in [1.807, 2.05) is 6.07 Å². The summed E-state index contributed by atoms with van der Waals surface area (Å²) >= 11 is 0. The Labute approximate surface area is 186 Å². The van der Waals surface area contributed by atoms with E-state index in [1.54, 1.807) is 30.0 Å². The Morgan fingerprint density at radius 3 is 2.73 bits per heavy atom. The molecule has 5 rings (SSSR count). The van der Waals surface area contributed by atoms with E-state index in [1.165, 1.54) is 12.1 Å². The fourth-order valence-electron chi connectivity index (χ4n) is 4.64. The van der Waals surface area contributed by atoms with Crippen LogP contribution >= 0.6 is 0 Å². The lowest BCUT2D eigenvalue weighted by Gasteiger charge is -2.38. The van der Waals surface area contributed by atoms with E-state index in [4.69, 9.17) is 0 Å². The van der Waals surface area contributed by atoms with Gasteiger partial charge in [-0.2, -0.15) is 18.2 Å². The van der Waals surface area contributed by atoms with Gasteiger partial charge in [0.25, 0.3) is 5.91 Å². The molecule has 172 valence electrons. The summed E-state index contributed by atoms with van der Waals surface area (Å²) in [6.07, 6.45) is -4.01. The smallest absolute Gasteiger partial charge is 0.331 e. The third kappa shape index (κ3) is 3.88. The fourth-order valence-corrected chi connectivity index (χ4v) is 4.64. The van der Waals surface area contributed by atoms with Gasteiger partial charge in [-0.25, -0.2) is 4.39 Å². The van der Waals surface area contributed by atoms with Crippen molar-refractivity contribution in [3.8, 4) is 11.4 Å². The third-order valence-electron chi connectivity index (χ3n) is 6.32. The molecule has 0 spiro atoms. The second-order valence-electron chi connectivity index (χ2n) is 8.40. The highest BCUT2D eigenvalue weighted by molar-refractivity contribution is 5.99. The number of carbonyl (C=O) groups is 1. The van der Waals surface area contributed by atoms with Gasteiger partial charge in [-0.1, -0.05) is 29.4 Å². The maximum atomic E-state index is 13.8. The maximum Gasteiger partial charge on any atom is 0.471 e. The first-order chi connectivity index (χ1) is 15.7. The Balaban J connectivity index is 1.43. The summed E-state index contributed by atoms with van der Waals surface area (Å²) in [4.78, 5) is 18.6. The molecule has 1 unspecified atom stereocenters. The molecule has 0 saturated carbocycles. The highest BCUT2D eigenvalue weighted by atomic mass is 19.4. The molecule has 2 atom stereocenters. The molecule has 1 amide bonds. The van der Waals surface area contributed by atoms with Crippen molar-refractivity contribution in [1.29, 1.82) is 0 Å². The number of nitrogens with zero attached hydrogens (tertiary/aromatic N) is 3. The molecule has 2 aromatic carbocycles. The summed E-state index contributed by atoms with van der Waals surface area (Å²) in [5, 5.41) is 6.76. The summed E-state index contributed by atoms with van der Waals surface area (Å²) < 4.78 is 56.5. The molecule has 2 aliphatic heterocycles. The molecule has 1 fully saturated rings. The lowest BCUT2D eigenvalue weighted by Crippen LogP contribution is -2.48. The fraction of sp³-hybridized carbons (Fsp3) is 0.348. The van der Waals surface area contributed by atoms with Crippen molar-refractivity contribution in [2.75, 3.05) is 13.1 Å². The van der Waals surface area contributed by atoms with Crippen LogP contribution in [0.2, 0.25) is 0 Å². The second kappa shape index (κ2) is 7.95. The summed E-state index contributed by atoms with van der Waals surface area (Å²) in [5.74, 6) is -2.13. The van der Waals surface area contributed by atoms with Crippen molar-refractivity contribution in [2.45, 2.75) is 38.0 Å². The van der Waals surface area contributed by atoms with Gasteiger partial charge in [0.1, 0.15) is 5.82 Å². The standard InChI is InChI=1S/C23H20F4N4O2/c1-12-8-13(4-5-18(12)24)17-10-28-7-6-19(17)31-11-15-3-2-14(9-16(15)21(31)32)20-29-22(33-30-20)23(25,26)27/h2-5,8-9,17,19,28H,6-7,10-11H2,1H3/t17-,19?/m0/s1. The Bertz CT molecular complexity index is 1220. The number of halogens is 4. The number of aromatic nitrogens is 2. The molecule has 3 aromatic rings. The van der Waals surface area contributed by atoms with E-state index >= 15 is 0 Å². The number of carbonyl (C=O) groups excluding carboxylic acids is 1. The van der Waals surface area contributed by atoms with Crippen LogP contribution in [0.15, 0.2) is 40.9 Å². The minimum Gasteiger partial charge on any atom is -0.331 e. The van der Waals surface area contributed by atoms with Gasteiger partial charge < -0.3 is 14.7 Å². The molecule has 0 aliphatic carbocycles. The first-order valence-electron chi connectivity index (χ1n) is 10.5. The Hall–Kier alpha value is -3.27. The van der Waals surface area contributed by atoms with Crippen molar-refractivity contribution >= 4 is 5.91 Å². The zero-order chi connectivity index (χ0) is 23.3. The molecule has 33 heavy (non-hydrogen) atoms. The molecule has 10 heteroatoms. The molecule has 2 aliphatic rings. The number of alkyl halides is 3. The first kappa shape index (κ1) is 21.6. The van der Waals surface area contributed by atoms with Gasteiger partial charge in [0, 0.05) is 36.2 Å². The van der Waals surface area contributed by atoms with Crippen LogP contribution in [0.3, 0.4) is 0 Å². The van der Waals surface area contributed by atoms with Crippen molar-refractivity contribution < 1.29 is 26.9 Å². The molecule has 1 N–H and O–H groups in total. The lowest BCUT2D eigenvalue weighted by molar-refractivity contribution is -0.159. The van der Waals surface area contributed by atoms with Crippen LogP contribution in [0.25, 0.3) is 11.4 Å². The van der Waals surface area contributed by atoms with Crippen molar-refractivity contribution in [3.63, 3.8) is 0 Å². The average molecular weight is 460 g/mol. The SMILES string of the molecule is Cc1cc([C@@H]2CNCCC2N2Cc3ccc(-c4noc(C(F)(F)F)n4)cc3C2=O)ccc1F. The monoisotopic (exact) mass is 460 g/mol. The number of nitrogens with one attached hydrogen (secondary N) is 1. The predicted octanol–water partition coefficient (Wildman–Crippen LogP) is 4.30. The van der Waals surface area contributed by atoms with Crippen LogP contribution in [-0.4, -0.2) is 40.1 Å². The summed E-state index contributed by atoms with van der Waals surface area (Å²) in [7, 11) is 0. The highest BCUT2D eigenvalue weighted by Crippen LogP contribution is 2.36. The van der Waals surface area contributed by atoms with E-state index < -0.39 is 12.1 Å². The number of amides is 1. The van der Waals surface area contributed by atoms with Crippen LogP contribution in [0, 0.1) is 12.7 Å². The van der Waals surface area contributed by atoms with Gasteiger partial charge in [-0.3, -0.25) is 4.79 Å². The van der Waals surface area contributed by atoms with Crippen molar-refractivity contribution in [3.05, 3.63) is 70.4 Å². The van der Waals surface area contributed by atoms with Gasteiger partial charge in [0.15, 0.2) is 0 Å². The van der Waals surface area contributed by atoms with E-state index in [-0.39, 0.29) is 35.1 Å². The molecule has 0 radical (unpaired) electrons. The van der Waals surface area contributed by atoms with E-state index in [0.29, 0.717) is 24.2 Å². The molecule has 3 heterocycles. The maximum absolute atomic E-state index is 13.8. The number of benzene rings is 2. The number of aryl methyl sites for hydroxylation is 1. The van der Waals surface area contributed by atoms with E-state index in [0.717, 1.165) is 24.1 Å². The van der Waals surface area contributed by atoms with Gasteiger partial charge in [0.05, 0.1) is 0 Å². The van der Waals surface area contributed by atoms with Gasteiger partial charge >= 0.3 is 12.1 Å². The lowest BCUT2D eigenvalue weighted by atomic mass is 9.85. The van der Waals surface area contributed by atoms with Gasteiger partial charge in [-0.05, 0) is 48.7 Å². The summed E-state index contributed by atoms with van der Waals surface area (Å²) in [6, 6.07) is 9.74. The molecular formula is C23H20F4N4O2. The zero-order valence-corrected chi connectivity index (χ0v) is 17.6. The molecule has 6 nitrogen and oxygen atoms in total. The van der Waals surface area contributed by atoms with E-state index in [9.17, 15) is 22.4 Å². The minimum atomic E-state index is -4.74. The number of hydrogen-bond donors (Lipinski definition) is 1. The predicted molar refractivity (Wildman–Crippen MR) is 110 cm³/mol. The number of hydrogen-bond acceptors (Lipinski definition) is 5. The summed E-state index contributed by atoms with van der Waals surface area (Å²) in [6.45, 7) is 3.51. The quantitative estimate of drug-likeness (QED) is 0.590. The molecule has 1 saturated heterocycles. The van der Waals surface area contributed by atoms with Crippen LogP contribution in [-0.2, 0) is 12.7 Å². The summed E-state index contributed by atoms with van der Waals surface area (Å²) in [5.41, 5.74) is 2.99. The van der Waals surface area contributed by atoms with Crippen molar-refractivity contribution in [1.82, 2.24) is 20.4 Å². The Morgan fingerprint density at radius 2 is 2.00 bits per heavy atom. The van der Waals surface area contributed by atoms with Crippen molar-refractivity contribution in [2.24, 2.45) is 0 Å². The Kier molecular flexibility index (Phi) is 5.19. The van der Waals surface area contributed by atoms with Gasteiger partial charge in [0.2, 0.25) is 5.82 Å². The van der Waals surface area contributed by atoms with E-state index in [2.05, 4.69) is 20.0 Å². The van der Waals surface area contributed by atoms with Crippen LogP contribution in [0.4, 0.5) is 17.6 Å². The number of rotatable bonds is 3. The molecule has 0 bridgehead atoms. The zero-order valence-electron chi connectivity index (χ0n) is 17.6. The van der Waals surface area contributed by atoms with Crippen LogP contribution in [0.1, 0.15) is 45.3 Å². The second-order valence-corrected chi connectivity index (χ2v) is 8.40. The number of piperidine rings is 1. The van der Waals surface area contributed by atoms with Crippen LogP contribution in [0.5, 0.6) is 0 Å². The normalized spacial score (nSPS) is 20.9. The Morgan fingerprint density at radius 1 is 1.18 bits per heavy atom. The first-order valence-corrected chi connectivity index (χ1v) is 10.5. The average Bonchev–Trinajstić information content (AvgIpc) is 3.41. The van der Waals surface area contributed by atoms with Gasteiger partial charge in [-0.15, -0.1) is 0 Å². The molecular weight excluding hydrogens is 440 g/mol. The topological polar surface area (TPSA) is 71.3 Å². The largest absolute Gasteiger partial charge is 0.471 e.